The smallest absolute Gasteiger partial charge is 0.185 e. The van der Waals surface area contributed by atoms with Crippen molar-refractivity contribution in [1.82, 2.24) is 29.3 Å². The minimum Gasteiger partial charge on any atom is -0.394 e. The van der Waals surface area contributed by atoms with Crippen LogP contribution in [0.4, 0.5) is 5.82 Å². The van der Waals surface area contributed by atoms with Crippen molar-refractivity contribution in [3.8, 4) is 0 Å². The lowest BCUT2D eigenvalue weighted by Gasteiger charge is -2.14. The van der Waals surface area contributed by atoms with E-state index in [4.69, 9.17) is 4.74 Å². The van der Waals surface area contributed by atoms with Crippen molar-refractivity contribution >= 4 is 29.2 Å². The molecule has 1 fully saturated rings. The summed E-state index contributed by atoms with van der Waals surface area (Å²) in [4.78, 5) is 25.9. The third-order valence-corrected chi connectivity index (χ3v) is 4.44. The van der Waals surface area contributed by atoms with Crippen LogP contribution in [0.3, 0.4) is 0 Å². The summed E-state index contributed by atoms with van der Waals surface area (Å²) in [6, 6.07) is -0.129. The number of imidazole rings is 1. The summed E-state index contributed by atoms with van der Waals surface area (Å²) in [5, 5.41) is 9.64. The number of amidine groups is 1. The number of aromatic nitrogens is 4. The second-order valence-electron chi connectivity index (χ2n) is 6.92. The van der Waals surface area contributed by atoms with Crippen molar-refractivity contribution < 1.29 is 9.84 Å². The zero-order valence-corrected chi connectivity index (χ0v) is 16.3. The fourth-order valence-corrected chi connectivity index (χ4v) is 2.81. The molecule has 10 heteroatoms. The van der Waals surface area contributed by atoms with Gasteiger partial charge >= 0.3 is 0 Å². The highest BCUT2D eigenvalue weighted by atomic mass is 16.5. The molecule has 0 saturated carbocycles. The number of ether oxygens (including phenoxy) is 1. The highest BCUT2D eigenvalue weighted by Crippen LogP contribution is 2.33. The first-order valence-corrected chi connectivity index (χ1v) is 8.77. The Morgan fingerprint density at radius 3 is 2.78 bits per heavy atom. The van der Waals surface area contributed by atoms with Gasteiger partial charge in [0, 0.05) is 34.6 Å². The molecule has 1 aliphatic heterocycles. The summed E-state index contributed by atoms with van der Waals surface area (Å²) in [7, 11) is 7.66. The van der Waals surface area contributed by atoms with Gasteiger partial charge in [-0.1, -0.05) is 0 Å². The van der Waals surface area contributed by atoms with Gasteiger partial charge in [0.2, 0.25) is 0 Å². The first kappa shape index (κ1) is 19.2. The van der Waals surface area contributed by atoms with E-state index in [1.165, 1.54) is 6.33 Å². The average molecular weight is 374 g/mol. The molecule has 3 rings (SSSR count). The Kier molecular flexibility index (Phi) is 5.66. The molecule has 3 atom stereocenters. The maximum absolute atomic E-state index is 9.64. The summed E-state index contributed by atoms with van der Waals surface area (Å²) >= 11 is 0. The molecule has 1 aliphatic rings. The lowest BCUT2D eigenvalue weighted by atomic mass is 10.1. The van der Waals surface area contributed by atoms with E-state index < -0.39 is 0 Å². The molecule has 146 valence electrons. The standard InChI is InChI=1S/C17H26N8O2/c1-11(24(4)5)22-16-15-17(19-8-18-16)25(10-21-15)14-6-12(13(7-26)27-14)20-9-23(2)3/h8-10,12-14,26H,6-7H2,1-5H3/b20-9?,22-11-/t12-,13+,14+/m0/s1. The molecule has 0 spiro atoms. The predicted molar refractivity (Wildman–Crippen MR) is 103 cm³/mol. The van der Waals surface area contributed by atoms with Gasteiger partial charge in [-0.25, -0.2) is 19.9 Å². The molecule has 2 aromatic rings. The Labute approximate surface area is 158 Å². The molecule has 0 aliphatic carbocycles. The van der Waals surface area contributed by atoms with Crippen LogP contribution in [0, 0.1) is 0 Å². The molecule has 10 nitrogen and oxygen atoms in total. The van der Waals surface area contributed by atoms with Crippen LogP contribution in [-0.2, 0) is 4.74 Å². The van der Waals surface area contributed by atoms with Crippen LogP contribution in [0.25, 0.3) is 11.2 Å². The van der Waals surface area contributed by atoms with Crippen LogP contribution in [-0.4, -0.2) is 93.5 Å². The number of aliphatic imine (C=N–C) groups is 2. The Balaban J connectivity index is 1.91. The highest BCUT2D eigenvalue weighted by molar-refractivity contribution is 5.88. The van der Waals surface area contributed by atoms with Gasteiger partial charge in [-0.15, -0.1) is 0 Å². The molecule has 27 heavy (non-hydrogen) atoms. The summed E-state index contributed by atoms with van der Waals surface area (Å²) in [6.07, 6.45) is 4.85. The van der Waals surface area contributed by atoms with Crippen LogP contribution in [0.15, 0.2) is 22.6 Å². The minimum atomic E-state index is -0.362. The van der Waals surface area contributed by atoms with Crippen LogP contribution < -0.4 is 0 Å². The number of fused-ring (bicyclic) bond motifs is 1. The van der Waals surface area contributed by atoms with Crippen LogP contribution in [0.5, 0.6) is 0 Å². The Morgan fingerprint density at radius 2 is 2.11 bits per heavy atom. The van der Waals surface area contributed by atoms with E-state index in [1.807, 2.05) is 49.5 Å². The van der Waals surface area contributed by atoms with Gasteiger partial charge in [0.25, 0.3) is 0 Å². The Morgan fingerprint density at radius 1 is 1.33 bits per heavy atom. The molecular formula is C17H26N8O2. The molecule has 0 unspecified atom stereocenters. The van der Waals surface area contributed by atoms with E-state index >= 15 is 0 Å². The summed E-state index contributed by atoms with van der Waals surface area (Å²) in [5.41, 5.74) is 1.26. The van der Waals surface area contributed by atoms with Crippen LogP contribution in [0.1, 0.15) is 19.6 Å². The molecule has 2 aromatic heterocycles. The van der Waals surface area contributed by atoms with Gasteiger partial charge in [0.15, 0.2) is 17.0 Å². The summed E-state index contributed by atoms with van der Waals surface area (Å²) in [5.74, 6) is 1.34. The first-order valence-electron chi connectivity index (χ1n) is 8.77. The third kappa shape index (κ3) is 4.06. The van der Waals surface area contributed by atoms with Crippen molar-refractivity contribution in [2.75, 3.05) is 34.8 Å². The van der Waals surface area contributed by atoms with E-state index in [0.717, 1.165) is 5.84 Å². The van der Waals surface area contributed by atoms with Crippen molar-refractivity contribution in [1.29, 1.82) is 0 Å². The van der Waals surface area contributed by atoms with Crippen molar-refractivity contribution in [2.45, 2.75) is 31.7 Å². The number of hydrogen-bond acceptors (Lipinski definition) is 7. The lowest BCUT2D eigenvalue weighted by Crippen LogP contribution is -2.24. The summed E-state index contributed by atoms with van der Waals surface area (Å²) < 4.78 is 7.86. The molecule has 0 aromatic carbocycles. The molecule has 0 bridgehead atoms. The van der Waals surface area contributed by atoms with Crippen LogP contribution in [0.2, 0.25) is 0 Å². The topological polar surface area (TPSA) is 104 Å². The fraction of sp³-hybridized carbons (Fsp3) is 0.588. The maximum Gasteiger partial charge on any atom is 0.185 e. The second kappa shape index (κ2) is 7.97. The van der Waals surface area contributed by atoms with Gasteiger partial charge < -0.3 is 19.6 Å². The molecule has 1 N–H and O–H groups in total. The van der Waals surface area contributed by atoms with Crippen molar-refractivity contribution in [3.05, 3.63) is 12.7 Å². The average Bonchev–Trinajstić information content (AvgIpc) is 3.23. The largest absolute Gasteiger partial charge is 0.394 e. The molecular weight excluding hydrogens is 348 g/mol. The molecule has 3 heterocycles. The maximum atomic E-state index is 9.64. The SMILES string of the molecule is C/C(=N/c1ncnc2c1ncn2[C@H]1C[C@H](N=CN(C)C)[C@@H](CO)O1)N(C)C. The van der Waals surface area contributed by atoms with E-state index in [0.29, 0.717) is 23.4 Å². The number of nitrogens with zero attached hydrogens (tertiary/aromatic N) is 8. The third-order valence-electron chi connectivity index (χ3n) is 4.44. The van der Waals surface area contributed by atoms with Crippen LogP contribution >= 0.6 is 0 Å². The number of hydrogen-bond donors (Lipinski definition) is 1. The normalized spacial score (nSPS) is 23.5. The highest BCUT2D eigenvalue weighted by Gasteiger charge is 2.36. The van der Waals surface area contributed by atoms with E-state index in [9.17, 15) is 5.11 Å². The Hall–Kier alpha value is -2.59. The summed E-state index contributed by atoms with van der Waals surface area (Å²) in [6.45, 7) is 1.81. The fourth-order valence-electron chi connectivity index (χ4n) is 2.81. The van der Waals surface area contributed by atoms with E-state index in [1.54, 1.807) is 12.7 Å². The van der Waals surface area contributed by atoms with Gasteiger partial charge in [-0.05, 0) is 6.92 Å². The van der Waals surface area contributed by atoms with E-state index in [2.05, 4.69) is 24.9 Å². The zero-order valence-electron chi connectivity index (χ0n) is 16.3. The predicted octanol–water partition coefficient (Wildman–Crippen LogP) is 0.676. The van der Waals surface area contributed by atoms with Gasteiger partial charge in [-0.3, -0.25) is 9.56 Å². The molecule has 1 saturated heterocycles. The quantitative estimate of drug-likeness (QED) is 0.606. The van der Waals surface area contributed by atoms with Crippen molar-refractivity contribution in [3.63, 3.8) is 0 Å². The van der Waals surface area contributed by atoms with E-state index in [-0.39, 0.29) is 25.0 Å². The second-order valence-corrected chi connectivity index (χ2v) is 6.92. The number of aliphatic hydroxyl groups is 1. The van der Waals surface area contributed by atoms with Gasteiger partial charge in [0.05, 0.1) is 25.3 Å². The van der Waals surface area contributed by atoms with Gasteiger partial charge in [-0.2, -0.15) is 0 Å². The number of rotatable bonds is 5. The van der Waals surface area contributed by atoms with Crippen molar-refractivity contribution in [2.24, 2.45) is 9.98 Å². The molecule has 0 radical (unpaired) electrons. The zero-order chi connectivity index (χ0) is 19.6. The number of aliphatic hydroxyl groups excluding tert-OH is 1. The first-order chi connectivity index (χ1) is 12.9. The minimum absolute atomic E-state index is 0.0921. The Bertz CT molecular complexity index is 845. The monoisotopic (exact) mass is 374 g/mol. The molecule has 0 amide bonds. The lowest BCUT2D eigenvalue weighted by molar-refractivity contribution is -0.0232. The van der Waals surface area contributed by atoms with Gasteiger partial charge in [0.1, 0.15) is 24.5 Å².